The molecule has 0 fully saturated rings. The summed E-state index contributed by atoms with van der Waals surface area (Å²) in [5.41, 5.74) is 4.25. The van der Waals surface area contributed by atoms with Crippen molar-refractivity contribution < 1.29 is 0 Å². The summed E-state index contributed by atoms with van der Waals surface area (Å²) >= 11 is 0. The molecule has 1 rings (SSSR count). The minimum atomic E-state index is 1.15. The fourth-order valence-corrected chi connectivity index (χ4v) is 0.676. The Morgan fingerprint density at radius 3 is 2.60 bits per heavy atom. The largest absolute Gasteiger partial charge is 0.118 e. The molecule has 0 spiro atoms. The predicted octanol–water partition coefficient (Wildman–Crippen LogP) is 2.77. The van der Waals surface area contributed by atoms with Crippen LogP contribution >= 0.6 is 0 Å². The molecule has 0 unspecified atom stereocenters. The Morgan fingerprint density at radius 2 is 1.70 bits per heavy atom. The molecule has 0 aromatic rings. The maximum atomic E-state index is 3.10. The monoisotopic (exact) mass is 130 g/mol. The van der Waals surface area contributed by atoms with Gasteiger partial charge in [-0.05, 0) is 18.6 Å². The Morgan fingerprint density at radius 1 is 1.00 bits per heavy atom. The zero-order valence-corrected chi connectivity index (χ0v) is 6.04. The molecular weight excluding hydrogens is 120 g/mol. The lowest BCUT2D eigenvalue weighted by Crippen LogP contribution is -1.59. The molecule has 0 amide bonds. The lowest BCUT2D eigenvalue weighted by atomic mass is 10.3. The molecule has 0 N–H and O–H groups in total. The molecule has 0 aromatic carbocycles. The van der Waals surface area contributed by atoms with Crippen molar-refractivity contribution >= 4 is 0 Å². The van der Waals surface area contributed by atoms with E-state index in [1.165, 1.54) is 0 Å². The van der Waals surface area contributed by atoms with E-state index >= 15 is 0 Å². The highest BCUT2D eigenvalue weighted by Crippen LogP contribution is 1.94. The molecule has 0 heteroatoms. The minimum Gasteiger partial charge on any atom is -0.118 e. The Balaban J connectivity index is 2.93. The van der Waals surface area contributed by atoms with Crippen LogP contribution in [0.2, 0.25) is 0 Å². The maximum Gasteiger partial charge on any atom is -0.00914 e. The second-order valence-corrected chi connectivity index (χ2v) is 2.12. The van der Waals surface area contributed by atoms with Crippen LogP contribution in [0.5, 0.6) is 0 Å². The molecule has 0 atom stereocenters. The Hall–Kier alpha value is -1.26. The molecule has 0 bridgehead atoms. The van der Waals surface area contributed by atoms with E-state index in [0.29, 0.717) is 0 Å². The third-order valence-corrected chi connectivity index (χ3v) is 1.20. The summed E-state index contributed by atoms with van der Waals surface area (Å²) in [5, 5.41) is 0. The second kappa shape index (κ2) is 3.71. The summed E-state index contributed by atoms with van der Waals surface area (Å²) in [4.78, 5) is 0. The molecule has 50 valence electrons. The van der Waals surface area contributed by atoms with Gasteiger partial charge in [-0.15, -0.1) is 5.73 Å². The van der Waals surface area contributed by atoms with Crippen LogP contribution in [0.4, 0.5) is 0 Å². The Kier molecular flexibility index (Phi) is 2.54. The number of rotatable bonds is 0. The number of hydrogen-bond acceptors (Lipinski definition) is 0. The zero-order chi connectivity index (χ0) is 7.23. The summed E-state index contributed by atoms with van der Waals surface area (Å²) < 4.78 is 0. The van der Waals surface area contributed by atoms with Crippen molar-refractivity contribution in [3.63, 3.8) is 0 Å². The van der Waals surface area contributed by atoms with E-state index < -0.39 is 0 Å². The van der Waals surface area contributed by atoms with Crippen LogP contribution in [-0.4, -0.2) is 0 Å². The van der Waals surface area contributed by atoms with Crippen molar-refractivity contribution in [2.75, 3.05) is 0 Å². The van der Waals surface area contributed by atoms with Gasteiger partial charge in [-0.25, -0.2) is 0 Å². The average molecular weight is 130 g/mol. The van der Waals surface area contributed by atoms with Gasteiger partial charge in [-0.2, -0.15) is 0 Å². The fraction of sp³-hybridized carbons (Fsp3) is 0.100. The first-order valence-electron chi connectivity index (χ1n) is 3.33. The minimum absolute atomic E-state index is 1.15. The van der Waals surface area contributed by atoms with E-state index in [-0.39, 0.29) is 0 Å². The van der Waals surface area contributed by atoms with Crippen LogP contribution in [0, 0.1) is 0 Å². The molecule has 0 radical (unpaired) electrons. The van der Waals surface area contributed by atoms with Gasteiger partial charge in [0.25, 0.3) is 0 Å². The van der Waals surface area contributed by atoms with E-state index in [2.05, 4.69) is 5.73 Å². The van der Waals surface area contributed by atoms with Crippen molar-refractivity contribution in [2.24, 2.45) is 0 Å². The lowest BCUT2D eigenvalue weighted by Gasteiger charge is -1.78. The first-order valence-corrected chi connectivity index (χ1v) is 3.33. The average Bonchev–Trinajstić information content (AvgIpc) is 2.02. The van der Waals surface area contributed by atoms with Gasteiger partial charge in [-0.1, -0.05) is 36.5 Å². The molecule has 0 saturated carbocycles. The predicted molar refractivity (Wildman–Crippen MR) is 44.7 cm³/mol. The molecule has 1 aliphatic carbocycles. The topological polar surface area (TPSA) is 0 Å². The van der Waals surface area contributed by atoms with E-state index in [4.69, 9.17) is 0 Å². The summed E-state index contributed by atoms with van der Waals surface area (Å²) in [6, 6.07) is 0. The van der Waals surface area contributed by atoms with Gasteiger partial charge in [0.15, 0.2) is 0 Å². The second-order valence-electron chi connectivity index (χ2n) is 2.12. The van der Waals surface area contributed by atoms with Crippen molar-refractivity contribution in [3.8, 4) is 0 Å². The van der Waals surface area contributed by atoms with Crippen LogP contribution in [0.15, 0.2) is 53.8 Å². The van der Waals surface area contributed by atoms with E-state index in [9.17, 15) is 0 Å². The highest BCUT2D eigenvalue weighted by Gasteiger charge is 1.74. The highest BCUT2D eigenvalue weighted by molar-refractivity contribution is 5.25. The van der Waals surface area contributed by atoms with Crippen LogP contribution in [0.3, 0.4) is 0 Å². The molecule has 1 aliphatic rings. The van der Waals surface area contributed by atoms with Gasteiger partial charge in [0.05, 0.1) is 0 Å². The van der Waals surface area contributed by atoms with Gasteiger partial charge < -0.3 is 0 Å². The molecule has 10 heavy (non-hydrogen) atoms. The van der Waals surface area contributed by atoms with Crippen molar-refractivity contribution in [1.82, 2.24) is 0 Å². The lowest BCUT2D eigenvalue weighted by molar-refractivity contribution is 1.54. The summed E-state index contributed by atoms with van der Waals surface area (Å²) in [5.74, 6) is 0. The van der Waals surface area contributed by atoms with Gasteiger partial charge >= 0.3 is 0 Å². The van der Waals surface area contributed by atoms with Gasteiger partial charge in [0.1, 0.15) is 0 Å². The van der Waals surface area contributed by atoms with Crippen molar-refractivity contribution in [2.45, 2.75) is 6.92 Å². The first kappa shape index (κ1) is 6.85. The van der Waals surface area contributed by atoms with Crippen molar-refractivity contribution in [3.05, 3.63) is 53.8 Å². The number of hydrogen-bond donors (Lipinski definition) is 0. The Labute approximate surface area is 61.6 Å². The fourth-order valence-electron chi connectivity index (χ4n) is 0.676. The smallest absolute Gasteiger partial charge is 0.00914 e. The van der Waals surface area contributed by atoms with E-state index in [1.807, 2.05) is 49.5 Å². The summed E-state index contributed by atoms with van der Waals surface area (Å²) in [6.45, 7) is 2.03. The molecule has 0 aromatic heterocycles. The van der Waals surface area contributed by atoms with Crippen LogP contribution in [-0.2, 0) is 0 Å². The van der Waals surface area contributed by atoms with E-state index in [0.717, 1.165) is 5.57 Å². The Bertz CT molecular complexity index is 243. The normalized spacial score (nSPS) is 25.5. The van der Waals surface area contributed by atoms with Crippen LogP contribution < -0.4 is 0 Å². The van der Waals surface area contributed by atoms with Gasteiger partial charge in [-0.3, -0.25) is 0 Å². The highest BCUT2D eigenvalue weighted by atomic mass is 13.8. The molecule has 0 aliphatic heterocycles. The van der Waals surface area contributed by atoms with Gasteiger partial charge in [0, 0.05) is 0 Å². The third-order valence-electron chi connectivity index (χ3n) is 1.20. The zero-order valence-electron chi connectivity index (χ0n) is 6.04. The van der Waals surface area contributed by atoms with Gasteiger partial charge in [0.2, 0.25) is 0 Å². The third kappa shape index (κ3) is 2.34. The van der Waals surface area contributed by atoms with E-state index in [1.54, 1.807) is 0 Å². The van der Waals surface area contributed by atoms with Crippen LogP contribution in [0.25, 0.3) is 0 Å². The SMILES string of the molecule is CC1=C=C/C=C/C=C\C=C\1. The quantitative estimate of drug-likeness (QED) is 0.442. The molecule has 0 saturated heterocycles. The summed E-state index contributed by atoms with van der Waals surface area (Å²) in [7, 11) is 0. The summed E-state index contributed by atoms with van der Waals surface area (Å²) in [6.07, 6.45) is 13.9. The number of allylic oxidation sites excluding steroid dienone is 7. The standard InChI is InChI=1S/C10H10/c1-10-8-6-4-2-3-5-7-9-10/h2-8H,1H3/b4-2-,5-3+,8-6+. The van der Waals surface area contributed by atoms with Crippen LogP contribution in [0.1, 0.15) is 6.92 Å². The molecular formula is C10H10. The molecule has 0 heterocycles. The maximum absolute atomic E-state index is 3.10. The van der Waals surface area contributed by atoms with Crippen molar-refractivity contribution in [1.29, 1.82) is 0 Å². The first-order chi connectivity index (χ1) is 4.89. The molecule has 0 nitrogen and oxygen atoms in total.